The smallest absolute Gasteiger partial charge is 0.341 e. The molecule has 0 amide bonds. The predicted octanol–water partition coefficient (Wildman–Crippen LogP) is 1.85. The summed E-state index contributed by atoms with van der Waals surface area (Å²) in [6, 6.07) is 5.76. The van der Waals surface area contributed by atoms with Gasteiger partial charge in [-0.25, -0.2) is 9.78 Å². The van der Waals surface area contributed by atoms with E-state index in [2.05, 4.69) is 25.3 Å². The van der Waals surface area contributed by atoms with Crippen molar-refractivity contribution in [2.45, 2.75) is 6.54 Å². The lowest BCUT2D eigenvalue weighted by atomic mass is 9.99. The van der Waals surface area contributed by atoms with Crippen molar-refractivity contribution in [3.8, 4) is 11.3 Å². The molecule has 0 aliphatic carbocycles. The van der Waals surface area contributed by atoms with Crippen LogP contribution in [0.5, 0.6) is 0 Å². The second-order valence-corrected chi connectivity index (χ2v) is 6.16. The molecule has 1 aliphatic rings. The highest BCUT2D eigenvalue weighted by atomic mass is 16.4. The average Bonchev–Trinajstić information content (AvgIpc) is 2.95. The van der Waals surface area contributed by atoms with Crippen molar-refractivity contribution in [1.29, 1.82) is 0 Å². The van der Waals surface area contributed by atoms with E-state index < -0.39 is 5.97 Å². The van der Waals surface area contributed by atoms with Crippen molar-refractivity contribution in [2.24, 2.45) is 7.05 Å². The Bertz CT molecular complexity index is 1030. The molecular weight excluding hydrogens is 334 g/mol. The summed E-state index contributed by atoms with van der Waals surface area (Å²) in [5, 5.41) is 17.0. The topological polar surface area (TPSA) is 122 Å². The lowest BCUT2D eigenvalue weighted by Crippen LogP contribution is -2.22. The summed E-state index contributed by atoms with van der Waals surface area (Å²) in [5.74, 6) is -0.973. The van der Waals surface area contributed by atoms with E-state index in [0.717, 1.165) is 28.2 Å². The molecule has 26 heavy (non-hydrogen) atoms. The fourth-order valence-electron chi connectivity index (χ4n) is 3.24. The maximum atomic E-state index is 11.5. The SMILES string of the molecule is CN1Cc2cn(C)nc2-c2cccc(Nc3nc(N)ncc3C(=O)O)c21. The lowest BCUT2D eigenvalue weighted by molar-refractivity contribution is 0.0697. The Morgan fingerprint density at radius 3 is 2.92 bits per heavy atom. The molecule has 4 N–H and O–H groups in total. The first kappa shape index (κ1) is 15.9. The number of aryl methyl sites for hydroxylation is 1. The van der Waals surface area contributed by atoms with Gasteiger partial charge in [0.05, 0.1) is 17.1 Å². The number of rotatable bonds is 3. The summed E-state index contributed by atoms with van der Waals surface area (Å²) in [6.07, 6.45) is 3.20. The van der Waals surface area contributed by atoms with Gasteiger partial charge in [0, 0.05) is 44.2 Å². The number of carboxylic acid groups (broad SMARTS) is 1. The van der Waals surface area contributed by atoms with Gasteiger partial charge in [0.25, 0.3) is 0 Å². The standard InChI is InChI=1S/C17H17N7O2/c1-23-7-9-8-24(2)22-13(9)10-4-3-5-12(14(10)23)20-15-11(16(25)26)6-19-17(18)21-15/h3-6,8H,7H2,1-2H3,(H,25,26)(H3,18,19,20,21). The molecule has 0 spiro atoms. The molecule has 3 heterocycles. The molecule has 9 nitrogen and oxygen atoms in total. The number of nitrogens with one attached hydrogen (secondary N) is 1. The normalized spacial score (nSPS) is 12.5. The van der Waals surface area contributed by atoms with Gasteiger partial charge in [0.1, 0.15) is 5.56 Å². The lowest BCUT2D eigenvalue weighted by Gasteiger charge is -2.29. The van der Waals surface area contributed by atoms with E-state index in [0.29, 0.717) is 6.54 Å². The maximum Gasteiger partial charge on any atom is 0.341 e. The van der Waals surface area contributed by atoms with Crippen molar-refractivity contribution >= 4 is 29.1 Å². The molecule has 0 unspecified atom stereocenters. The number of aromatic nitrogens is 4. The number of carbonyl (C=O) groups is 1. The van der Waals surface area contributed by atoms with E-state index in [1.165, 1.54) is 6.20 Å². The first-order valence-corrected chi connectivity index (χ1v) is 7.94. The first-order chi connectivity index (χ1) is 12.4. The number of carboxylic acids is 1. The molecule has 1 aromatic carbocycles. The summed E-state index contributed by atoms with van der Waals surface area (Å²) in [7, 11) is 3.87. The van der Waals surface area contributed by atoms with Gasteiger partial charge in [-0.1, -0.05) is 12.1 Å². The molecule has 1 aliphatic heterocycles. The second-order valence-electron chi connectivity index (χ2n) is 6.16. The predicted molar refractivity (Wildman–Crippen MR) is 97.4 cm³/mol. The summed E-state index contributed by atoms with van der Waals surface area (Å²) in [5.41, 5.74) is 10.3. The second kappa shape index (κ2) is 5.73. The van der Waals surface area contributed by atoms with Crippen LogP contribution in [-0.2, 0) is 13.6 Å². The minimum absolute atomic E-state index is 0.00247. The molecule has 132 valence electrons. The van der Waals surface area contributed by atoms with E-state index in [1.54, 1.807) is 4.68 Å². The van der Waals surface area contributed by atoms with E-state index in [4.69, 9.17) is 5.73 Å². The van der Waals surface area contributed by atoms with Crippen LogP contribution >= 0.6 is 0 Å². The third-order valence-electron chi connectivity index (χ3n) is 4.28. The number of hydrogen-bond donors (Lipinski definition) is 3. The van der Waals surface area contributed by atoms with Crippen LogP contribution in [0.4, 0.5) is 23.1 Å². The molecule has 2 aromatic heterocycles. The first-order valence-electron chi connectivity index (χ1n) is 7.94. The fraction of sp³-hybridized carbons (Fsp3) is 0.176. The van der Waals surface area contributed by atoms with Gasteiger partial charge in [-0.05, 0) is 6.07 Å². The molecule has 0 bridgehead atoms. The Morgan fingerprint density at radius 1 is 1.35 bits per heavy atom. The van der Waals surface area contributed by atoms with Crippen LogP contribution < -0.4 is 16.0 Å². The van der Waals surface area contributed by atoms with Crippen molar-refractivity contribution in [2.75, 3.05) is 23.0 Å². The molecule has 0 saturated heterocycles. The molecule has 0 fully saturated rings. The van der Waals surface area contributed by atoms with Crippen LogP contribution in [0.3, 0.4) is 0 Å². The van der Waals surface area contributed by atoms with Crippen LogP contribution in [0.15, 0.2) is 30.6 Å². The minimum Gasteiger partial charge on any atom is -0.477 e. The Morgan fingerprint density at radius 2 is 2.15 bits per heavy atom. The van der Waals surface area contributed by atoms with Gasteiger partial charge < -0.3 is 21.1 Å². The van der Waals surface area contributed by atoms with Gasteiger partial charge >= 0.3 is 5.97 Å². The number of nitrogens with zero attached hydrogens (tertiary/aromatic N) is 5. The minimum atomic E-state index is -1.13. The van der Waals surface area contributed by atoms with Gasteiger partial charge in [-0.15, -0.1) is 0 Å². The van der Waals surface area contributed by atoms with Crippen molar-refractivity contribution in [1.82, 2.24) is 19.7 Å². The van der Waals surface area contributed by atoms with Gasteiger partial charge in [0.15, 0.2) is 5.82 Å². The zero-order valence-corrected chi connectivity index (χ0v) is 14.3. The van der Waals surface area contributed by atoms with Gasteiger partial charge in [-0.3, -0.25) is 4.68 Å². The van der Waals surface area contributed by atoms with E-state index in [9.17, 15) is 9.90 Å². The quantitative estimate of drug-likeness (QED) is 0.653. The van der Waals surface area contributed by atoms with E-state index in [-0.39, 0.29) is 17.3 Å². The zero-order valence-electron chi connectivity index (χ0n) is 14.3. The Hall–Kier alpha value is -3.62. The summed E-state index contributed by atoms with van der Waals surface area (Å²) >= 11 is 0. The Labute approximate surface area is 149 Å². The van der Waals surface area contributed by atoms with E-state index >= 15 is 0 Å². The number of anilines is 4. The van der Waals surface area contributed by atoms with Crippen LogP contribution in [0.25, 0.3) is 11.3 Å². The number of para-hydroxylation sites is 1. The number of fused-ring (bicyclic) bond motifs is 3. The third kappa shape index (κ3) is 2.50. The van der Waals surface area contributed by atoms with Crippen molar-refractivity contribution in [3.05, 3.63) is 41.7 Å². The molecule has 4 rings (SSSR count). The van der Waals surface area contributed by atoms with Gasteiger partial charge in [-0.2, -0.15) is 10.1 Å². The van der Waals surface area contributed by atoms with Crippen LogP contribution in [-0.4, -0.2) is 37.9 Å². The summed E-state index contributed by atoms with van der Waals surface area (Å²) < 4.78 is 1.79. The highest BCUT2D eigenvalue weighted by molar-refractivity contribution is 5.96. The average molecular weight is 351 g/mol. The summed E-state index contributed by atoms with van der Waals surface area (Å²) in [4.78, 5) is 21.4. The third-order valence-corrected chi connectivity index (χ3v) is 4.28. The number of hydrogen-bond acceptors (Lipinski definition) is 7. The monoisotopic (exact) mass is 351 g/mol. The molecule has 0 radical (unpaired) electrons. The van der Waals surface area contributed by atoms with Crippen molar-refractivity contribution < 1.29 is 9.90 Å². The molecule has 9 heteroatoms. The molecule has 0 saturated carbocycles. The van der Waals surface area contributed by atoms with Gasteiger partial charge in [0.2, 0.25) is 5.95 Å². The number of nitrogen functional groups attached to an aromatic ring is 1. The number of benzene rings is 1. The van der Waals surface area contributed by atoms with Crippen LogP contribution in [0, 0.1) is 0 Å². The van der Waals surface area contributed by atoms with Crippen LogP contribution in [0.1, 0.15) is 15.9 Å². The van der Waals surface area contributed by atoms with Crippen LogP contribution in [0.2, 0.25) is 0 Å². The highest BCUT2D eigenvalue weighted by Crippen LogP contribution is 2.42. The summed E-state index contributed by atoms with van der Waals surface area (Å²) in [6.45, 7) is 0.701. The zero-order chi connectivity index (χ0) is 18.4. The molecule has 0 atom stereocenters. The maximum absolute atomic E-state index is 11.5. The number of nitrogens with two attached hydrogens (primary N) is 1. The molecule has 3 aromatic rings. The Balaban J connectivity index is 1.84. The number of aromatic carboxylic acids is 1. The largest absolute Gasteiger partial charge is 0.477 e. The fourth-order valence-corrected chi connectivity index (χ4v) is 3.24. The van der Waals surface area contributed by atoms with Crippen molar-refractivity contribution in [3.63, 3.8) is 0 Å². The van der Waals surface area contributed by atoms with E-state index in [1.807, 2.05) is 38.5 Å². The molecular formula is C17H17N7O2. The Kier molecular flexibility index (Phi) is 3.50. The highest BCUT2D eigenvalue weighted by Gasteiger charge is 2.26.